The molecule has 1 heteroatoms. The Morgan fingerprint density at radius 3 is 2.40 bits per heavy atom. The van der Waals surface area contributed by atoms with Crippen molar-refractivity contribution in [1.29, 1.82) is 0 Å². The molecule has 1 saturated carbocycles. The van der Waals surface area contributed by atoms with Crippen molar-refractivity contribution in [2.24, 2.45) is 11.3 Å². The Morgan fingerprint density at radius 1 is 1.33 bits per heavy atom. The lowest BCUT2D eigenvalue weighted by atomic mass is 10.0. The first-order chi connectivity index (χ1) is 6.92. The number of ketones is 1. The quantitative estimate of drug-likeness (QED) is 0.600. The topological polar surface area (TPSA) is 17.1 Å². The Bertz CT molecular complexity index is 261. The van der Waals surface area contributed by atoms with Crippen LogP contribution in [0.25, 0.3) is 0 Å². The van der Waals surface area contributed by atoms with E-state index in [1.165, 1.54) is 24.8 Å². The Morgan fingerprint density at radius 2 is 1.93 bits per heavy atom. The molecule has 15 heavy (non-hydrogen) atoms. The number of rotatable bonds is 6. The predicted octanol–water partition coefficient (Wildman–Crippen LogP) is 4.13. The summed E-state index contributed by atoms with van der Waals surface area (Å²) in [5.74, 6) is 1.23. The fourth-order valence-corrected chi connectivity index (χ4v) is 2.09. The Hall–Kier alpha value is -0.590. The molecule has 1 atom stereocenters. The van der Waals surface area contributed by atoms with Gasteiger partial charge in [-0.3, -0.25) is 0 Å². The molecule has 1 nitrogen and oxygen atoms in total. The van der Waals surface area contributed by atoms with Crippen molar-refractivity contribution in [2.75, 3.05) is 0 Å². The molecular weight excluding hydrogens is 184 g/mol. The number of carbonyl (C=O) groups is 1. The van der Waals surface area contributed by atoms with Crippen LogP contribution in [0.3, 0.4) is 0 Å². The average Bonchev–Trinajstić information content (AvgIpc) is 2.70. The standard InChI is InChI=1S/C14H24O/c1-11(6-5-7-12(2)15)8-9-13-10-14(13,3)4/h6,13H,5,7-10H2,1-4H3/b11-6+/t13-/m1/s1. The molecule has 1 fully saturated rings. The van der Waals surface area contributed by atoms with Crippen LogP contribution in [0.4, 0.5) is 0 Å². The number of Topliss-reactive ketones (excluding diaryl/α,β-unsaturated/α-hetero) is 1. The normalized spacial score (nSPS) is 24.0. The first kappa shape index (κ1) is 12.5. The third-order valence-corrected chi connectivity index (χ3v) is 3.59. The highest BCUT2D eigenvalue weighted by molar-refractivity contribution is 5.75. The van der Waals surface area contributed by atoms with Gasteiger partial charge in [0.15, 0.2) is 0 Å². The molecule has 0 aliphatic heterocycles. The molecule has 1 aliphatic carbocycles. The van der Waals surface area contributed by atoms with Gasteiger partial charge in [-0.1, -0.05) is 25.5 Å². The molecule has 0 aromatic heterocycles. The number of carbonyl (C=O) groups excluding carboxylic acids is 1. The van der Waals surface area contributed by atoms with Crippen LogP contribution in [0.1, 0.15) is 59.8 Å². The van der Waals surface area contributed by atoms with E-state index in [1.54, 1.807) is 6.92 Å². The van der Waals surface area contributed by atoms with Crippen molar-refractivity contribution in [2.45, 2.75) is 59.8 Å². The van der Waals surface area contributed by atoms with Crippen molar-refractivity contribution < 1.29 is 4.79 Å². The zero-order valence-electron chi connectivity index (χ0n) is 10.6. The molecule has 0 aromatic carbocycles. The second-order valence-electron chi connectivity index (χ2n) is 5.72. The lowest BCUT2D eigenvalue weighted by Crippen LogP contribution is -1.91. The second-order valence-corrected chi connectivity index (χ2v) is 5.72. The fraction of sp³-hybridized carbons (Fsp3) is 0.786. The van der Waals surface area contributed by atoms with Gasteiger partial charge in [0, 0.05) is 6.42 Å². The first-order valence-electron chi connectivity index (χ1n) is 6.07. The fourth-order valence-electron chi connectivity index (χ4n) is 2.09. The highest BCUT2D eigenvalue weighted by atomic mass is 16.1. The predicted molar refractivity (Wildman–Crippen MR) is 64.8 cm³/mol. The summed E-state index contributed by atoms with van der Waals surface area (Å²) in [6.45, 7) is 8.56. The lowest BCUT2D eigenvalue weighted by Gasteiger charge is -2.03. The van der Waals surface area contributed by atoms with Gasteiger partial charge in [-0.05, 0) is 50.9 Å². The minimum absolute atomic E-state index is 0.294. The molecule has 86 valence electrons. The molecule has 1 aliphatic rings. The maximum atomic E-state index is 10.8. The first-order valence-corrected chi connectivity index (χ1v) is 6.07. The largest absolute Gasteiger partial charge is 0.300 e. The number of hydrogen-bond acceptors (Lipinski definition) is 1. The van der Waals surface area contributed by atoms with Crippen LogP contribution in [0.2, 0.25) is 0 Å². The van der Waals surface area contributed by atoms with Crippen molar-refractivity contribution in [3.05, 3.63) is 11.6 Å². The molecule has 0 aromatic rings. The van der Waals surface area contributed by atoms with Crippen LogP contribution in [0.15, 0.2) is 11.6 Å². The van der Waals surface area contributed by atoms with Crippen LogP contribution in [-0.4, -0.2) is 5.78 Å². The van der Waals surface area contributed by atoms with Crippen LogP contribution in [0, 0.1) is 11.3 Å². The van der Waals surface area contributed by atoms with E-state index in [4.69, 9.17) is 0 Å². The van der Waals surface area contributed by atoms with Gasteiger partial charge < -0.3 is 4.79 Å². The minimum Gasteiger partial charge on any atom is -0.300 e. The maximum absolute atomic E-state index is 10.8. The summed E-state index contributed by atoms with van der Waals surface area (Å²) in [5.41, 5.74) is 2.07. The third kappa shape index (κ3) is 4.63. The van der Waals surface area contributed by atoms with Crippen LogP contribution in [0.5, 0.6) is 0 Å². The van der Waals surface area contributed by atoms with Crippen molar-refractivity contribution >= 4 is 5.78 Å². The van der Waals surface area contributed by atoms with Gasteiger partial charge in [0.2, 0.25) is 0 Å². The van der Waals surface area contributed by atoms with E-state index < -0.39 is 0 Å². The SMILES string of the molecule is CC(=O)CC/C=C(\C)CC[C@@H]1CC1(C)C. The van der Waals surface area contributed by atoms with E-state index >= 15 is 0 Å². The van der Waals surface area contributed by atoms with Gasteiger partial charge in [0.05, 0.1) is 0 Å². The molecule has 0 bridgehead atoms. The van der Waals surface area contributed by atoms with Gasteiger partial charge in [0.1, 0.15) is 5.78 Å². The smallest absolute Gasteiger partial charge is 0.130 e. The van der Waals surface area contributed by atoms with Crippen molar-refractivity contribution in [3.8, 4) is 0 Å². The zero-order valence-corrected chi connectivity index (χ0v) is 10.6. The maximum Gasteiger partial charge on any atom is 0.130 e. The number of allylic oxidation sites excluding steroid dienone is 2. The zero-order chi connectivity index (χ0) is 11.5. The minimum atomic E-state index is 0.294. The van der Waals surface area contributed by atoms with E-state index in [2.05, 4.69) is 26.8 Å². The van der Waals surface area contributed by atoms with Crippen molar-refractivity contribution in [1.82, 2.24) is 0 Å². The van der Waals surface area contributed by atoms with Gasteiger partial charge >= 0.3 is 0 Å². The summed E-state index contributed by atoms with van der Waals surface area (Å²) >= 11 is 0. The lowest BCUT2D eigenvalue weighted by molar-refractivity contribution is -0.116. The molecule has 0 unspecified atom stereocenters. The van der Waals surface area contributed by atoms with Crippen LogP contribution in [-0.2, 0) is 4.79 Å². The summed E-state index contributed by atoms with van der Waals surface area (Å²) < 4.78 is 0. The van der Waals surface area contributed by atoms with E-state index in [1.807, 2.05) is 0 Å². The van der Waals surface area contributed by atoms with Gasteiger partial charge in [-0.15, -0.1) is 0 Å². The molecule has 0 saturated heterocycles. The third-order valence-electron chi connectivity index (χ3n) is 3.59. The van der Waals surface area contributed by atoms with Gasteiger partial charge in [0.25, 0.3) is 0 Å². The number of hydrogen-bond donors (Lipinski definition) is 0. The highest BCUT2D eigenvalue weighted by Gasteiger charge is 2.44. The van der Waals surface area contributed by atoms with Crippen LogP contribution >= 0.6 is 0 Å². The molecular formula is C14H24O. The average molecular weight is 208 g/mol. The van der Waals surface area contributed by atoms with Gasteiger partial charge in [-0.25, -0.2) is 0 Å². The Balaban J connectivity index is 2.13. The molecule has 0 spiro atoms. The van der Waals surface area contributed by atoms with Crippen LogP contribution < -0.4 is 0 Å². The summed E-state index contributed by atoms with van der Waals surface area (Å²) in [7, 11) is 0. The summed E-state index contributed by atoms with van der Waals surface area (Å²) in [6, 6.07) is 0. The second kappa shape index (κ2) is 4.96. The van der Waals surface area contributed by atoms with E-state index in [0.717, 1.165) is 12.3 Å². The van der Waals surface area contributed by atoms with Gasteiger partial charge in [-0.2, -0.15) is 0 Å². The highest BCUT2D eigenvalue weighted by Crippen LogP contribution is 2.54. The molecule has 1 rings (SSSR count). The summed E-state index contributed by atoms with van der Waals surface area (Å²) in [5, 5.41) is 0. The summed E-state index contributed by atoms with van der Waals surface area (Å²) in [6.07, 6.45) is 7.80. The van der Waals surface area contributed by atoms with Crippen molar-refractivity contribution in [3.63, 3.8) is 0 Å². The van der Waals surface area contributed by atoms with E-state index in [-0.39, 0.29) is 0 Å². The molecule has 0 heterocycles. The Labute approximate surface area is 93.9 Å². The Kier molecular flexibility index (Phi) is 4.12. The monoisotopic (exact) mass is 208 g/mol. The summed E-state index contributed by atoms with van der Waals surface area (Å²) in [4.78, 5) is 10.8. The molecule has 0 radical (unpaired) electrons. The van der Waals surface area contributed by atoms with E-state index in [9.17, 15) is 4.79 Å². The molecule has 0 amide bonds. The molecule has 0 N–H and O–H groups in total. The van der Waals surface area contributed by atoms with E-state index in [0.29, 0.717) is 17.6 Å².